The van der Waals surface area contributed by atoms with E-state index in [1.807, 2.05) is 0 Å². The number of hydrogen-bond acceptors (Lipinski definition) is 1. The van der Waals surface area contributed by atoms with Crippen LogP contribution in [0.15, 0.2) is 0 Å². The van der Waals surface area contributed by atoms with Crippen molar-refractivity contribution in [3.05, 3.63) is 0 Å². The number of hydrogen-bond donors (Lipinski definition) is 2. The van der Waals surface area contributed by atoms with Crippen LogP contribution in [0.4, 0.5) is 0 Å². The van der Waals surface area contributed by atoms with Crippen LogP contribution in [0, 0.1) is 0 Å². The summed E-state index contributed by atoms with van der Waals surface area (Å²) in [6, 6.07) is 0. The van der Waals surface area contributed by atoms with E-state index in [1.165, 1.54) is 87.9 Å². The molecular formula is C18H38IO3P. The van der Waals surface area contributed by atoms with Gasteiger partial charge in [-0.2, -0.15) is 0 Å². The average Bonchev–Trinajstić information content (AvgIpc) is 2.49. The van der Waals surface area contributed by atoms with Gasteiger partial charge in [-0.25, -0.2) is 0 Å². The van der Waals surface area contributed by atoms with Crippen molar-refractivity contribution in [2.24, 2.45) is 0 Å². The molecule has 0 saturated heterocycles. The molecule has 23 heavy (non-hydrogen) atoms. The molecular weight excluding hydrogens is 422 g/mol. The summed E-state index contributed by atoms with van der Waals surface area (Å²) in [7, 11) is -3.76. The molecule has 0 saturated carbocycles. The Bertz CT molecular complexity index is 281. The molecule has 0 aliphatic rings. The summed E-state index contributed by atoms with van der Waals surface area (Å²) in [5, 5.41) is 0. The van der Waals surface area contributed by atoms with Crippen molar-refractivity contribution >= 4 is 30.2 Å². The van der Waals surface area contributed by atoms with Gasteiger partial charge in [0.2, 0.25) is 0 Å². The van der Waals surface area contributed by atoms with E-state index in [9.17, 15) is 4.57 Å². The second-order valence-corrected chi connectivity index (χ2v) is 9.59. The first-order chi connectivity index (χ1) is 11.1. The van der Waals surface area contributed by atoms with Gasteiger partial charge in [0.1, 0.15) is 0 Å². The minimum atomic E-state index is -3.76. The van der Waals surface area contributed by atoms with E-state index >= 15 is 0 Å². The van der Waals surface area contributed by atoms with E-state index in [4.69, 9.17) is 9.79 Å². The first-order valence-corrected chi connectivity index (χ1v) is 13.0. The highest BCUT2D eigenvalue weighted by atomic mass is 127. The summed E-state index contributed by atoms with van der Waals surface area (Å²) in [5.74, 6) is 0. The number of alkyl halides is 1. The van der Waals surface area contributed by atoms with E-state index in [0.29, 0.717) is 6.42 Å². The van der Waals surface area contributed by atoms with Crippen LogP contribution >= 0.6 is 30.2 Å². The number of rotatable bonds is 18. The Hall–Kier alpha value is 0.880. The van der Waals surface area contributed by atoms with Gasteiger partial charge in [0, 0.05) is 6.16 Å². The maximum absolute atomic E-state index is 10.7. The predicted molar refractivity (Wildman–Crippen MR) is 110 cm³/mol. The smallest absolute Gasteiger partial charge is 0.324 e. The monoisotopic (exact) mass is 460 g/mol. The molecule has 140 valence electrons. The van der Waals surface area contributed by atoms with Gasteiger partial charge in [-0.1, -0.05) is 112 Å². The Labute approximate surface area is 157 Å². The van der Waals surface area contributed by atoms with Gasteiger partial charge in [0.05, 0.1) is 0 Å². The highest BCUT2D eigenvalue weighted by molar-refractivity contribution is 14.1. The Morgan fingerprint density at radius 1 is 0.522 bits per heavy atom. The zero-order valence-corrected chi connectivity index (χ0v) is 17.9. The van der Waals surface area contributed by atoms with Crippen molar-refractivity contribution < 1.29 is 14.4 Å². The topological polar surface area (TPSA) is 57.5 Å². The van der Waals surface area contributed by atoms with Crippen molar-refractivity contribution in [3.63, 3.8) is 0 Å². The minimum absolute atomic E-state index is 0.0608. The molecule has 0 radical (unpaired) electrons. The molecule has 0 spiro atoms. The van der Waals surface area contributed by atoms with Gasteiger partial charge in [-0.3, -0.25) is 4.57 Å². The molecule has 0 aromatic heterocycles. The normalized spacial score (nSPS) is 12.0. The van der Waals surface area contributed by atoms with Crippen molar-refractivity contribution in [2.75, 3.05) is 10.6 Å². The Morgan fingerprint density at radius 2 is 0.783 bits per heavy atom. The molecule has 0 fully saturated rings. The van der Waals surface area contributed by atoms with Crippen molar-refractivity contribution in [1.29, 1.82) is 0 Å². The second-order valence-electron chi connectivity index (χ2n) is 6.73. The van der Waals surface area contributed by atoms with E-state index in [2.05, 4.69) is 22.6 Å². The molecule has 0 aromatic carbocycles. The van der Waals surface area contributed by atoms with E-state index in [0.717, 1.165) is 12.8 Å². The predicted octanol–water partition coefficient (Wildman–Crippen LogP) is 6.84. The Kier molecular flexibility index (Phi) is 18.4. The summed E-state index contributed by atoms with van der Waals surface area (Å²) >= 11 is 2.46. The van der Waals surface area contributed by atoms with Crippen molar-refractivity contribution in [2.45, 2.75) is 103 Å². The second kappa shape index (κ2) is 17.7. The summed E-state index contributed by atoms with van der Waals surface area (Å²) in [4.78, 5) is 17.5. The lowest BCUT2D eigenvalue weighted by molar-refractivity contribution is 0.370. The van der Waals surface area contributed by atoms with Gasteiger partial charge in [-0.05, 0) is 17.3 Å². The van der Waals surface area contributed by atoms with Crippen LogP contribution in [0.2, 0.25) is 0 Å². The fourth-order valence-corrected chi connectivity index (χ4v) is 4.06. The maximum Gasteiger partial charge on any atom is 0.325 e. The zero-order chi connectivity index (χ0) is 17.2. The minimum Gasteiger partial charge on any atom is -0.324 e. The summed E-state index contributed by atoms with van der Waals surface area (Å²) < 4.78 is 12.0. The van der Waals surface area contributed by atoms with Gasteiger partial charge in [-0.15, -0.1) is 0 Å². The lowest BCUT2D eigenvalue weighted by Gasteiger charge is -2.04. The van der Waals surface area contributed by atoms with Crippen LogP contribution in [-0.2, 0) is 4.57 Å². The zero-order valence-electron chi connectivity index (χ0n) is 14.9. The molecule has 0 unspecified atom stereocenters. The van der Waals surface area contributed by atoms with E-state index in [-0.39, 0.29) is 6.16 Å². The lowest BCUT2D eigenvalue weighted by Crippen LogP contribution is -1.88. The SMILES string of the molecule is O=P(O)(O)CCCCCCCCCCCCCCCCCCI. The van der Waals surface area contributed by atoms with Crippen molar-refractivity contribution in [3.8, 4) is 0 Å². The van der Waals surface area contributed by atoms with Gasteiger partial charge in [0.15, 0.2) is 0 Å². The van der Waals surface area contributed by atoms with E-state index < -0.39 is 7.60 Å². The molecule has 0 atom stereocenters. The third-order valence-corrected chi connectivity index (χ3v) is 5.99. The largest absolute Gasteiger partial charge is 0.325 e. The van der Waals surface area contributed by atoms with Crippen LogP contribution in [0.1, 0.15) is 103 Å². The summed E-state index contributed by atoms with van der Waals surface area (Å²) in [6.45, 7) is 0. The quantitative estimate of drug-likeness (QED) is 0.102. The van der Waals surface area contributed by atoms with Gasteiger partial charge >= 0.3 is 7.60 Å². The summed E-state index contributed by atoms with van der Waals surface area (Å²) in [5.41, 5.74) is 0. The fourth-order valence-electron chi connectivity index (χ4n) is 2.89. The average molecular weight is 460 g/mol. The van der Waals surface area contributed by atoms with Crippen LogP contribution in [-0.4, -0.2) is 20.4 Å². The molecule has 0 aromatic rings. The van der Waals surface area contributed by atoms with Gasteiger partial charge < -0.3 is 9.79 Å². The van der Waals surface area contributed by atoms with Crippen LogP contribution < -0.4 is 0 Å². The third kappa shape index (κ3) is 22.9. The van der Waals surface area contributed by atoms with Crippen LogP contribution in [0.25, 0.3) is 0 Å². The molecule has 3 nitrogen and oxygen atoms in total. The Balaban J connectivity index is 3.01. The molecule has 2 N–H and O–H groups in total. The number of halogens is 1. The fraction of sp³-hybridized carbons (Fsp3) is 1.00. The molecule has 0 rings (SSSR count). The molecule has 5 heteroatoms. The molecule has 0 heterocycles. The molecule has 0 bridgehead atoms. The number of unbranched alkanes of at least 4 members (excludes halogenated alkanes) is 15. The molecule has 0 amide bonds. The lowest BCUT2D eigenvalue weighted by atomic mass is 10.0. The highest BCUT2D eigenvalue weighted by Gasteiger charge is 2.10. The molecule has 0 aliphatic heterocycles. The maximum atomic E-state index is 10.7. The van der Waals surface area contributed by atoms with Crippen LogP contribution in [0.3, 0.4) is 0 Å². The first kappa shape index (κ1) is 23.9. The molecule has 0 aliphatic carbocycles. The standard InChI is InChI=1S/C18H38IO3P/c19-17-15-13-11-9-7-5-3-1-2-4-6-8-10-12-14-16-18-23(20,21)22/h1-18H2,(H2,20,21,22). The van der Waals surface area contributed by atoms with Gasteiger partial charge in [0.25, 0.3) is 0 Å². The van der Waals surface area contributed by atoms with E-state index in [1.54, 1.807) is 0 Å². The highest BCUT2D eigenvalue weighted by Crippen LogP contribution is 2.35. The summed E-state index contributed by atoms with van der Waals surface area (Å²) in [6.07, 6.45) is 20.7. The van der Waals surface area contributed by atoms with Crippen molar-refractivity contribution in [1.82, 2.24) is 0 Å². The third-order valence-electron chi connectivity index (χ3n) is 4.33. The van der Waals surface area contributed by atoms with Crippen LogP contribution in [0.5, 0.6) is 0 Å². The first-order valence-electron chi connectivity index (χ1n) is 9.67. The Morgan fingerprint density at radius 3 is 1.04 bits per heavy atom.